The number of amides is 2. The number of rotatable bonds is 9. The first-order valence-corrected chi connectivity index (χ1v) is 11.5. The predicted molar refractivity (Wildman–Crippen MR) is 107 cm³/mol. The molecule has 2 fully saturated rings. The van der Waals surface area contributed by atoms with Gasteiger partial charge in [-0.1, -0.05) is 0 Å². The zero-order valence-electron chi connectivity index (χ0n) is 18.5. The number of hydrogen-bond donors (Lipinski definition) is 7. The van der Waals surface area contributed by atoms with Crippen molar-refractivity contribution in [1.29, 1.82) is 0 Å². The van der Waals surface area contributed by atoms with Crippen molar-refractivity contribution in [3.05, 3.63) is 0 Å². The molecule has 2 heterocycles. The Labute approximate surface area is 195 Å². The fraction of sp³-hybridized carbons (Fsp3) is 0.882. The number of methoxy groups -OCH3 is 1. The van der Waals surface area contributed by atoms with Gasteiger partial charge < -0.3 is 50.0 Å². The molecule has 2 aliphatic heterocycles. The molecule has 0 spiro atoms. The van der Waals surface area contributed by atoms with E-state index in [2.05, 4.69) is 14.8 Å². The summed E-state index contributed by atoms with van der Waals surface area (Å²) in [6.45, 7) is 0.667. The molecule has 0 aliphatic carbocycles. The number of nitrogens with one attached hydrogen (secondary N) is 2. The molecule has 0 aromatic carbocycles. The van der Waals surface area contributed by atoms with Crippen molar-refractivity contribution in [1.82, 2.24) is 10.6 Å². The molecule has 10 atom stereocenters. The highest BCUT2D eigenvalue weighted by molar-refractivity contribution is 7.80. The van der Waals surface area contributed by atoms with E-state index >= 15 is 0 Å². The Bertz CT molecular complexity index is 812. The van der Waals surface area contributed by atoms with Crippen LogP contribution in [0.15, 0.2) is 0 Å². The summed E-state index contributed by atoms with van der Waals surface area (Å²) in [7, 11) is -3.68. The number of hydrogen-bond acceptors (Lipinski definition) is 13. The molecule has 34 heavy (non-hydrogen) atoms. The zero-order valence-corrected chi connectivity index (χ0v) is 19.3. The molecule has 0 aromatic rings. The van der Waals surface area contributed by atoms with Crippen LogP contribution in [0.2, 0.25) is 0 Å². The Morgan fingerprint density at radius 3 is 1.91 bits per heavy atom. The van der Waals surface area contributed by atoms with Gasteiger partial charge in [-0.2, -0.15) is 8.42 Å². The molecule has 0 saturated carbocycles. The SMILES string of the molecule is CO[C@H]1O[C@H](CO)[C@@H](O[C@@H]2O[C@H](COS(=O)(=O)O)[C@@H](O)[C@H](O)[C@H]2NC(C)=O)[C@H](O)[C@H]1NC(C)=O. The van der Waals surface area contributed by atoms with Gasteiger partial charge in [-0.05, 0) is 0 Å². The maximum absolute atomic E-state index is 11.7. The molecule has 0 bridgehead atoms. The maximum Gasteiger partial charge on any atom is 0.397 e. The molecular weight excluding hydrogens is 488 g/mol. The lowest BCUT2D eigenvalue weighted by atomic mass is 9.94. The molecule has 2 rings (SSSR count). The largest absolute Gasteiger partial charge is 0.397 e. The minimum absolute atomic E-state index is 0.540. The molecule has 16 nitrogen and oxygen atoms in total. The number of carbonyl (C=O) groups is 2. The van der Waals surface area contributed by atoms with Crippen molar-refractivity contribution < 1.29 is 66.1 Å². The summed E-state index contributed by atoms with van der Waals surface area (Å²) >= 11 is 0. The molecular formula is C17H30N2O14S. The molecule has 2 amide bonds. The standard InChI is InChI=1S/C17H30N2O14S/c1-6(21)18-10-13(24)12(23)9(5-30-34(26,27)28)32-17(10)33-15-8(4-20)31-16(29-3)11(14(15)25)19-7(2)22/h8-17,20,23-25H,4-5H2,1-3H3,(H,18,21)(H,19,22)(H,26,27,28)/t8-,9-,10-,11-,12-,13-,14-,15-,16+,17+/m1/s1. The highest BCUT2D eigenvalue weighted by Crippen LogP contribution is 2.29. The highest BCUT2D eigenvalue weighted by atomic mass is 32.3. The van der Waals surface area contributed by atoms with Crippen molar-refractivity contribution in [2.45, 2.75) is 75.1 Å². The van der Waals surface area contributed by atoms with Crippen molar-refractivity contribution in [3.63, 3.8) is 0 Å². The van der Waals surface area contributed by atoms with E-state index in [9.17, 15) is 38.4 Å². The average Bonchev–Trinajstić information content (AvgIpc) is 2.73. The quantitative estimate of drug-likeness (QED) is 0.142. The van der Waals surface area contributed by atoms with Crippen LogP contribution >= 0.6 is 0 Å². The Morgan fingerprint density at radius 1 is 0.912 bits per heavy atom. The Balaban J connectivity index is 2.32. The van der Waals surface area contributed by atoms with E-state index in [0.717, 1.165) is 6.92 Å². The lowest BCUT2D eigenvalue weighted by Gasteiger charge is -2.48. The van der Waals surface area contributed by atoms with Gasteiger partial charge in [0, 0.05) is 21.0 Å². The summed E-state index contributed by atoms with van der Waals surface area (Å²) < 4.78 is 56.7. The van der Waals surface area contributed by atoms with E-state index in [4.69, 9.17) is 23.5 Å². The minimum atomic E-state index is -4.92. The summed E-state index contributed by atoms with van der Waals surface area (Å²) in [6, 6.07) is -2.59. The van der Waals surface area contributed by atoms with Gasteiger partial charge in [0.2, 0.25) is 11.8 Å². The first kappa shape index (κ1) is 28.7. The number of ether oxygens (including phenoxy) is 4. The molecule has 2 aliphatic rings. The van der Waals surface area contributed by atoms with E-state index in [1.54, 1.807) is 0 Å². The second kappa shape index (κ2) is 12.0. The fourth-order valence-corrected chi connectivity index (χ4v) is 4.01. The van der Waals surface area contributed by atoms with Crippen molar-refractivity contribution in [2.24, 2.45) is 0 Å². The average molecular weight is 518 g/mol. The van der Waals surface area contributed by atoms with E-state index in [0.29, 0.717) is 0 Å². The van der Waals surface area contributed by atoms with Crippen LogP contribution in [0, 0.1) is 0 Å². The van der Waals surface area contributed by atoms with Crippen LogP contribution in [-0.2, 0) is 43.1 Å². The molecule has 2 saturated heterocycles. The molecule has 0 radical (unpaired) electrons. The normalized spacial score (nSPS) is 38.8. The first-order chi connectivity index (χ1) is 15.8. The van der Waals surface area contributed by atoms with E-state index in [1.165, 1.54) is 14.0 Å². The van der Waals surface area contributed by atoms with Gasteiger partial charge in [0.15, 0.2) is 12.6 Å². The van der Waals surface area contributed by atoms with Crippen LogP contribution < -0.4 is 10.6 Å². The third-order valence-corrected chi connectivity index (χ3v) is 5.63. The summed E-state index contributed by atoms with van der Waals surface area (Å²) in [5.41, 5.74) is 0. The molecule has 0 unspecified atom stereocenters. The molecule has 0 aromatic heterocycles. The second-order valence-electron chi connectivity index (χ2n) is 7.74. The third-order valence-electron chi connectivity index (χ3n) is 5.20. The van der Waals surface area contributed by atoms with E-state index < -0.39 is 96.7 Å². The van der Waals surface area contributed by atoms with Crippen molar-refractivity contribution >= 4 is 22.2 Å². The van der Waals surface area contributed by atoms with Crippen LogP contribution in [-0.4, -0.2) is 127 Å². The predicted octanol–water partition coefficient (Wildman–Crippen LogP) is -4.63. The van der Waals surface area contributed by atoms with Crippen LogP contribution in [0.1, 0.15) is 13.8 Å². The number of carbonyl (C=O) groups excluding carboxylic acids is 2. The van der Waals surface area contributed by atoms with Crippen LogP contribution in [0.25, 0.3) is 0 Å². The highest BCUT2D eigenvalue weighted by Gasteiger charge is 2.51. The summed E-state index contributed by atoms with van der Waals surface area (Å²) in [6.07, 6.45) is -12.2. The van der Waals surface area contributed by atoms with Gasteiger partial charge in [0.1, 0.15) is 48.7 Å². The van der Waals surface area contributed by atoms with Crippen LogP contribution in [0.3, 0.4) is 0 Å². The van der Waals surface area contributed by atoms with Gasteiger partial charge in [-0.15, -0.1) is 0 Å². The van der Waals surface area contributed by atoms with Gasteiger partial charge in [-0.25, -0.2) is 4.18 Å². The number of aliphatic hydroxyl groups excluding tert-OH is 4. The Morgan fingerprint density at radius 2 is 1.44 bits per heavy atom. The lowest BCUT2D eigenvalue weighted by Crippen LogP contribution is -2.69. The Kier molecular flexibility index (Phi) is 10.1. The van der Waals surface area contributed by atoms with Crippen LogP contribution in [0.4, 0.5) is 0 Å². The number of aliphatic hydroxyl groups is 4. The smallest absolute Gasteiger partial charge is 0.394 e. The van der Waals surface area contributed by atoms with Crippen molar-refractivity contribution in [2.75, 3.05) is 20.3 Å². The first-order valence-electron chi connectivity index (χ1n) is 10.1. The van der Waals surface area contributed by atoms with E-state index in [-0.39, 0.29) is 0 Å². The Hall–Kier alpha value is -1.51. The van der Waals surface area contributed by atoms with Crippen molar-refractivity contribution in [3.8, 4) is 0 Å². The van der Waals surface area contributed by atoms with Gasteiger partial charge in [0.05, 0.1) is 13.2 Å². The van der Waals surface area contributed by atoms with Crippen LogP contribution in [0.5, 0.6) is 0 Å². The van der Waals surface area contributed by atoms with Gasteiger partial charge in [0.25, 0.3) is 0 Å². The monoisotopic (exact) mass is 518 g/mol. The minimum Gasteiger partial charge on any atom is -0.394 e. The topological polar surface area (TPSA) is 240 Å². The molecule has 198 valence electrons. The zero-order chi connectivity index (χ0) is 25.8. The van der Waals surface area contributed by atoms with Gasteiger partial charge in [-0.3, -0.25) is 14.1 Å². The third kappa shape index (κ3) is 7.25. The molecule has 7 N–H and O–H groups in total. The summed E-state index contributed by atoms with van der Waals surface area (Å²) in [4.78, 5) is 23.2. The second-order valence-corrected chi connectivity index (χ2v) is 8.83. The molecule has 17 heteroatoms. The fourth-order valence-electron chi connectivity index (χ4n) is 3.71. The maximum atomic E-state index is 11.7. The summed E-state index contributed by atoms with van der Waals surface area (Å²) in [5, 5.41) is 46.2. The van der Waals surface area contributed by atoms with Gasteiger partial charge >= 0.3 is 10.4 Å². The van der Waals surface area contributed by atoms with E-state index in [1.807, 2.05) is 0 Å². The summed E-state index contributed by atoms with van der Waals surface area (Å²) in [5.74, 6) is -1.20. The lowest BCUT2D eigenvalue weighted by molar-refractivity contribution is -0.329.